The molecule has 0 radical (unpaired) electrons. The third kappa shape index (κ3) is 3.71. The summed E-state index contributed by atoms with van der Waals surface area (Å²) < 4.78 is 42.5. The van der Waals surface area contributed by atoms with Crippen molar-refractivity contribution in [1.29, 1.82) is 5.26 Å². The first-order valence-corrected chi connectivity index (χ1v) is 10.6. The first kappa shape index (κ1) is 22.3. The zero-order valence-electron chi connectivity index (χ0n) is 18.1. The van der Waals surface area contributed by atoms with Crippen LogP contribution in [-0.2, 0) is 6.18 Å². The fourth-order valence-corrected chi connectivity index (χ4v) is 4.45. The first-order chi connectivity index (χ1) is 16.8. The molecule has 0 spiro atoms. The summed E-state index contributed by atoms with van der Waals surface area (Å²) in [5.41, 5.74) is 4.23. The lowest BCUT2D eigenvalue weighted by atomic mass is 10.1. The average molecular weight is 478 g/mol. The quantitative estimate of drug-likeness (QED) is 0.475. The van der Waals surface area contributed by atoms with Crippen LogP contribution in [0.4, 0.5) is 24.8 Å². The third-order valence-corrected chi connectivity index (χ3v) is 5.92. The molecule has 1 saturated heterocycles. The number of rotatable bonds is 3. The highest BCUT2D eigenvalue weighted by molar-refractivity contribution is 5.82. The van der Waals surface area contributed by atoms with E-state index in [9.17, 15) is 23.2 Å². The van der Waals surface area contributed by atoms with Gasteiger partial charge in [0.05, 0.1) is 34.4 Å². The van der Waals surface area contributed by atoms with E-state index in [1.54, 1.807) is 17.0 Å². The van der Waals surface area contributed by atoms with Crippen LogP contribution in [0.25, 0.3) is 16.6 Å². The molecule has 4 heterocycles. The number of nitrogen functional groups attached to an aromatic ring is 1. The summed E-state index contributed by atoms with van der Waals surface area (Å²) in [6.45, 7) is 0.472. The summed E-state index contributed by atoms with van der Waals surface area (Å²) in [5, 5.41) is 9.09. The van der Waals surface area contributed by atoms with Gasteiger partial charge in [-0.15, -0.1) is 0 Å². The Labute approximate surface area is 196 Å². The first-order valence-electron chi connectivity index (χ1n) is 10.6. The van der Waals surface area contributed by atoms with Crippen molar-refractivity contribution in [3.63, 3.8) is 0 Å². The maximum atomic E-state index is 13.8. The summed E-state index contributed by atoms with van der Waals surface area (Å²) >= 11 is 0. The second-order valence-corrected chi connectivity index (χ2v) is 7.94. The number of hydrogen-bond acceptors (Lipinski definition) is 8. The molecule has 1 fully saturated rings. The van der Waals surface area contributed by atoms with Gasteiger partial charge in [-0.3, -0.25) is 14.3 Å². The molecule has 0 amide bonds. The van der Waals surface area contributed by atoms with Crippen molar-refractivity contribution in [3.8, 4) is 11.8 Å². The van der Waals surface area contributed by atoms with E-state index in [1.807, 2.05) is 6.07 Å². The van der Waals surface area contributed by atoms with Crippen LogP contribution in [0.2, 0.25) is 0 Å². The number of pyridine rings is 1. The van der Waals surface area contributed by atoms with Gasteiger partial charge in [-0.25, -0.2) is 15.0 Å². The van der Waals surface area contributed by atoms with E-state index in [0.29, 0.717) is 19.4 Å². The molecule has 4 aromatic rings. The fourth-order valence-electron chi connectivity index (χ4n) is 4.45. The minimum Gasteiger partial charge on any atom is -0.382 e. The number of nitrogens with zero attached hydrogens (tertiary/aromatic N) is 7. The van der Waals surface area contributed by atoms with Crippen LogP contribution in [0, 0.1) is 11.3 Å². The van der Waals surface area contributed by atoms with Crippen molar-refractivity contribution in [1.82, 2.24) is 24.5 Å². The number of nitrogens with two attached hydrogens (primary N) is 1. The lowest BCUT2D eigenvalue weighted by molar-refractivity contribution is -0.136. The van der Waals surface area contributed by atoms with Crippen molar-refractivity contribution >= 4 is 22.5 Å². The highest BCUT2D eigenvalue weighted by atomic mass is 19.4. The van der Waals surface area contributed by atoms with Gasteiger partial charge in [0.2, 0.25) is 0 Å². The van der Waals surface area contributed by atoms with Crippen molar-refractivity contribution in [3.05, 3.63) is 76.4 Å². The largest absolute Gasteiger partial charge is 0.417 e. The fraction of sp³-hybridized carbons (Fsp3) is 0.217. The molecule has 12 heteroatoms. The van der Waals surface area contributed by atoms with Crippen molar-refractivity contribution < 1.29 is 13.2 Å². The molecule has 1 aliphatic heterocycles. The van der Waals surface area contributed by atoms with Crippen LogP contribution in [0.3, 0.4) is 0 Å². The molecule has 35 heavy (non-hydrogen) atoms. The molecule has 0 aliphatic carbocycles. The average Bonchev–Trinajstić information content (AvgIpc) is 3.33. The molecule has 9 nitrogen and oxygen atoms in total. The standard InChI is InChI=1S/C23H17F3N8O/c24-23(25,26)15-5-1-6-16-18(15)22(35)34(13-4-2-8-29-11-13)21(32-16)17-7-3-9-33(17)20-14(10-27)19(28)30-12-31-20/h1-2,4-6,8,11-12,17H,3,7,9H2,(H2,28,30,31)/t17-/m0/s1. The number of halogens is 3. The van der Waals surface area contributed by atoms with E-state index in [1.165, 1.54) is 30.9 Å². The van der Waals surface area contributed by atoms with Crippen LogP contribution in [-0.4, -0.2) is 31.0 Å². The second-order valence-electron chi connectivity index (χ2n) is 7.94. The number of alkyl halides is 3. The van der Waals surface area contributed by atoms with Crippen molar-refractivity contribution in [2.24, 2.45) is 0 Å². The van der Waals surface area contributed by atoms with Gasteiger partial charge < -0.3 is 10.6 Å². The molecule has 2 N–H and O–H groups in total. The predicted octanol–water partition coefficient (Wildman–Crippen LogP) is 3.38. The highest BCUT2D eigenvalue weighted by Gasteiger charge is 2.37. The zero-order chi connectivity index (χ0) is 24.7. The Morgan fingerprint density at radius 1 is 1.17 bits per heavy atom. The van der Waals surface area contributed by atoms with Gasteiger partial charge in [0.1, 0.15) is 29.6 Å². The zero-order valence-corrected chi connectivity index (χ0v) is 18.1. The highest BCUT2D eigenvalue weighted by Crippen LogP contribution is 2.38. The van der Waals surface area contributed by atoms with Gasteiger partial charge in [-0.2, -0.15) is 18.4 Å². The molecule has 0 bridgehead atoms. The van der Waals surface area contributed by atoms with Crippen LogP contribution in [0.1, 0.15) is 35.8 Å². The Balaban J connectivity index is 1.81. The number of benzene rings is 1. The van der Waals surface area contributed by atoms with Gasteiger partial charge in [0.25, 0.3) is 5.56 Å². The molecule has 3 aromatic heterocycles. The van der Waals surface area contributed by atoms with Crippen LogP contribution in [0.15, 0.2) is 53.8 Å². The Kier molecular flexibility index (Phi) is 5.32. The number of fused-ring (bicyclic) bond motifs is 1. The van der Waals surface area contributed by atoms with Gasteiger partial charge >= 0.3 is 6.18 Å². The molecular formula is C23H17F3N8O. The van der Waals surface area contributed by atoms with Gasteiger partial charge in [-0.1, -0.05) is 6.07 Å². The number of aromatic nitrogens is 5. The van der Waals surface area contributed by atoms with Gasteiger partial charge in [0, 0.05) is 12.7 Å². The monoisotopic (exact) mass is 478 g/mol. The van der Waals surface area contributed by atoms with E-state index >= 15 is 0 Å². The van der Waals surface area contributed by atoms with Crippen LogP contribution < -0.4 is 16.2 Å². The minimum atomic E-state index is -4.74. The topological polar surface area (TPSA) is 127 Å². The lowest BCUT2D eigenvalue weighted by Gasteiger charge is -2.28. The summed E-state index contributed by atoms with van der Waals surface area (Å²) in [7, 11) is 0. The SMILES string of the molecule is N#Cc1c(N)ncnc1N1CCC[C@H]1c1nc2cccc(C(F)(F)F)c2c(=O)n1-c1cccnc1. The molecule has 1 aliphatic rings. The predicted molar refractivity (Wildman–Crippen MR) is 121 cm³/mol. The van der Waals surface area contributed by atoms with Crippen molar-refractivity contribution in [2.75, 3.05) is 17.2 Å². The maximum Gasteiger partial charge on any atom is 0.417 e. The number of anilines is 2. The molecule has 0 saturated carbocycles. The molecule has 1 atom stereocenters. The Morgan fingerprint density at radius 3 is 2.71 bits per heavy atom. The molecule has 1 aromatic carbocycles. The summed E-state index contributed by atoms with van der Waals surface area (Å²) in [6.07, 6.45) is 0.563. The van der Waals surface area contributed by atoms with E-state index < -0.39 is 28.7 Å². The van der Waals surface area contributed by atoms with E-state index in [4.69, 9.17) is 5.73 Å². The Bertz CT molecular complexity index is 1530. The number of nitriles is 1. The smallest absolute Gasteiger partial charge is 0.382 e. The van der Waals surface area contributed by atoms with Crippen molar-refractivity contribution in [2.45, 2.75) is 25.1 Å². The van der Waals surface area contributed by atoms with Gasteiger partial charge in [0.15, 0.2) is 5.82 Å². The molecule has 5 rings (SSSR count). The van der Waals surface area contributed by atoms with Crippen LogP contribution in [0.5, 0.6) is 0 Å². The normalized spacial score (nSPS) is 15.9. The van der Waals surface area contributed by atoms with E-state index in [2.05, 4.69) is 19.9 Å². The van der Waals surface area contributed by atoms with Crippen LogP contribution >= 0.6 is 0 Å². The Hall–Kier alpha value is -4.53. The second kappa shape index (κ2) is 8.35. The molecular weight excluding hydrogens is 461 g/mol. The van der Waals surface area contributed by atoms with E-state index in [-0.39, 0.29) is 34.2 Å². The van der Waals surface area contributed by atoms with E-state index in [0.717, 1.165) is 10.6 Å². The molecule has 0 unspecified atom stereocenters. The maximum absolute atomic E-state index is 13.8. The lowest BCUT2D eigenvalue weighted by Crippen LogP contribution is -2.33. The summed E-state index contributed by atoms with van der Waals surface area (Å²) in [4.78, 5) is 32.1. The molecule has 176 valence electrons. The summed E-state index contributed by atoms with van der Waals surface area (Å²) in [5.74, 6) is 0.501. The third-order valence-electron chi connectivity index (χ3n) is 5.92. The Morgan fingerprint density at radius 2 is 2.00 bits per heavy atom. The minimum absolute atomic E-state index is 0.00842. The summed E-state index contributed by atoms with van der Waals surface area (Å²) in [6, 6.07) is 8.06. The number of hydrogen-bond donors (Lipinski definition) is 1. The van der Waals surface area contributed by atoms with Gasteiger partial charge in [-0.05, 0) is 37.1 Å².